The predicted molar refractivity (Wildman–Crippen MR) is 152 cm³/mol. The maximum Gasteiger partial charge on any atom is 0.332 e. The van der Waals surface area contributed by atoms with Crippen LogP contribution in [0.4, 0.5) is 4.39 Å². The van der Waals surface area contributed by atoms with Crippen LogP contribution in [0.25, 0.3) is 21.0 Å². The third-order valence-corrected chi connectivity index (χ3v) is 9.30. The number of methoxy groups -OCH3 is 1. The van der Waals surface area contributed by atoms with Gasteiger partial charge < -0.3 is 23.5 Å². The SMILES string of the molecule is COc1ccc(F)cc1C(Cn1c(=O)n(C2CCN(C)C2=O)c(=O)c2c(C)c(-c3ncco3)sc21)OC1CCOCC1. The second-order valence-corrected chi connectivity index (χ2v) is 11.5. The van der Waals surface area contributed by atoms with Crippen LogP contribution in [0.15, 0.2) is 44.7 Å². The molecule has 2 aliphatic rings. The first-order valence-electron chi connectivity index (χ1n) is 13.8. The molecule has 1 aromatic carbocycles. The minimum absolute atomic E-state index is 0.0610. The van der Waals surface area contributed by atoms with E-state index in [-0.39, 0.29) is 18.6 Å². The van der Waals surface area contributed by atoms with Crippen LogP contribution in [0.5, 0.6) is 5.75 Å². The maximum absolute atomic E-state index is 14.6. The van der Waals surface area contributed by atoms with E-state index in [2.05, 4.69) is 4.98 Å². The van der Waals surface area contributed by atoms with Gasteiger partial charge in [-0.25, -0.2) is 18.7 Å². The number of aromatic nitrogens is 3. The largest absolute Gasteiger partial charge is 0.496 e. The van der Waals surface area contributed by atoms with Gasteiger partial charge in [-0.2, -0.15) is 0 Å². The molecule has 2 aliphatic heterocycles. The molecule has 0 spiro atoms. The number of carbonyl (C=O) groups is 1. The minimum atomic E-state index is -0.936. The molecule has 0 saturated carbocycles. The molecule has 1 amide bonds. The Labute approximate surface area is 244 Å². The second-order valence-electron chi connectivity index (χ2n) is 10.5. The monoisotopic (exact) mass is 598 g/mol. The van der Waals surface area contributed by atoms with Crippen molar-refractivity contribution in [3.63, 3.8) is 0 Å². The first-order valence-corrected chi connectivity index (χ1v) is 14.6. The molecule has 42 heavy (non-hydrogen) atoms. The van der Waals surface area contributed by atoms with Crippen molar-refractivity contribution in [1.82, 2.24) is 19.0 Å². The van der Waals surface area contributed by atoms with E-state index in [1.807, 2.05) is 0 Å². The molecule has 0 aliphatic carbocycles. The van der Waals surface area contributed by atoms with Crippen molar-refractivity contribution in [2.45, 2.75) is 51.0 Å². The molecular weight excluding hydrogens is 567 g/mol. The van der Waals surface area contributed by atoms with Gasteiger partial charge in [-0.15, -0.1) is 11.3 Å². The second kappa shape index (κ2) is 11.5. The number of likely N-dealkylation sites (N-methyl/N-ethyl adjacent to an activating group) is 1. The zero-order chi connectivity index (χ0) is 29.5. The molecule has 13 heteroatoms. The molecule has 2 saturated heterocycles. The minimum Gasteiger partial charge on any atom is -0.496 e. The van der Waals surface area contributed by atoms with Crippen LogP contribution < -0.4 is 16.0 Å². The number of hydrogen-bond donors (Lipinski definition) is 0. The van der Waals surface area contributed by atoms with Crippen molar-refractivity contribution < 1.29 is 27.8 Å². The van der Waals surface area contributed by atoms with Gasteiger partial charge in [0.25, 0.3) is 5.56 Å². The van der Waals surface area contributed by atoms with Crippen LogP contribution in [0.2, 0.25) is 0 Å². The normalized spacial score (nSPS) is 18.7. The fraction of sp³-hybridized carbons (Fsp3) is 0.448. The Balaban J connectivity index is 1.57. The van der Waals surface area contributed by atoms with E-state index < -0.39 is 29.2 Å². The number of likely N-dealkylation sites (tertiary alicyclic amines) is 1. The number of amides is 1. The van der Waals surface area contributed by atoms with Crippen LogP contribution in [0, 0.1) is 12.7 Å². The quantitative estimate of drug-likeness (QED) is 0.302. The third kappa shape index (κ3) is 4.95. The van der Waals surface area contributed by atoms with Crippen molar-refractivity contribution in [3.05, 3.63) is 68.4 Å². The topological polar surface area (TPSA) is 118 Å². The molecule has 0 N–H and O–H groups in total. The smallest absolute Gasteiger partial charge is 0.332 e. The zero-order valence-corrected chi connectivity index (χ0v) is 24.3. The van der Waals surface area contributed by atoms with Gasteiger partial charge in [-0.05, 0) is 49.9 Å². The molecule has 5 heterocycles. The number of halogens is 1. The van der Waals surface area contributed by atoms with E-state index in [0.717, 1.165) is 4.57 Å². The Morgan fingerprint density at radius 1 is 1.19 bits per heavy atom. The Hall–Kier alpha value is -3.81. The summed E-state index contributed by atoms with van der Waals surface area (Å²) in [6, 6.07) is 3.22. The molecule has 3 aromatic heterocycles. The fourth-order valence-electron chi connectivity index (χ4n) is 5.77. The van der Waals surface area contributed by atoms with Crippen LogP contribution in [-0.4, -0.2) is 64.9 Å². The van der Waals surface area contributed by atoms with E-state index in [9.17, 15) is 18.8 Å². The fourth-order valence-corrected chi connectivity index (χ4v) is 7.01. The summed E-state index contributed by atoms with van der Waals surface area (Å²) in [5, 5.41) is 0.297. The summed E-state index contributed by atoms with van der Waals surface area (Å²) in [5.74, 6) is -0.0621. The lowest BCUT2D eigenvalue weighted by atomic mass is 10.1. The van der Waals surface area contributed by atoms with Gasteiger partial charge >= 0.3 is 5.69 Å². The van der Waals surface area contributed by atoms with E-state index in [4.69, 9.17) is 18.6 Å². The van der Waals surface area contributed by atoms with Crippen LogP contribution in [0.3, 0.4) is 0 Å². The van der Waals surface area contributed by atoms with E-state index in [1.54, 1.807) is 14.0 Å². The average Bonchev–Trinajstić information content (AvgIpc) is 3.72. The number of nitrogens with zero attached hydrogens (tertiary/aromatic N) is 4. The number of rotatable bonds is 8. The number of aryl methyl sites for hydroxylation is 1. The average molecular weight is 599 g/mol. The third-order valence-electron chi connectivity index (χ3n) is 7.99. The lowest BCUT2D eigenvalue weighted by Crippen LogP contribution is -2.45. The lowest BCUT2D eigenvalue weighted by molar-refractivity contribution is -0.129. The summed E-state index contributed by atoms with van der Waals surface area (Å²) >= 11 is 1.20. The first kappa shape index (κ1) is 28.3. The summed E-state index contributed by atoms with van der Waals surface area (Å²) in [6.07, 6.45) is 3.51. The highest BCUT2D eigenvalue weighted by Gasteiger charge is 2.36. The standard InChI is InChI=1S/C29H31FN4O7S/c1-16-23-27(36)34(20-6-10-32(2)26(20)35)29(37)33(28(23)42-24(16)25-31-9-13-40-25)15-22(41-18-7-11-39-12-8-18)19-14-17(30)4-5-21(19)38-3/h4-5,9,13-14,18,20,22H,6-8,10-12,15H2,1-3H3. The summed E-state index contributed by atoms with van der Waals surface area (Å²) in [6.45, 7) is 3.18. The number of benzene rings is 1. The number of carbonyl (C=O) groups excluding carboxylic acids is 1. The highest BCUT2D eigenvalue weighted by atomic mass is 32.1. The highest BCUT2D eigenvalue weighted by molar-refractivity contribution is 7.22. The van der Waals surface area contributed by atoms with Gasteiger partial charge in [-0.1, -0.05) is 0 Å². The zero-order valence-electron chi connectivity index (χ0n) is 23.5. The van der Waals surface area contributed by atoms with Crippen LogP contribution in [-0.2, 0) is 20.8 Å². The Bertz CT molecular complexity index is 1740. The highest BCUT2D eigenvalue weighted by Crippen LogP contribution is 2.38. The van der Waals surface area contributed by atoms with Crippen molar-refractivity contribution in [3.8, 4) is 16.5 Å². The first-order chi connectivity index (χ1) is 20.3. The molecule has 222 valence electrons. The Morgan fingerprint density at radius 2 is 1.98 bits per heavy atom. The van der Waals surface area contributed by atoms with Crippen LogP contribution in [0.1, 0.15) is 42.5 Å². The Kier molecular flexibility index (Phi) is 7.73. The maximum atomic E-state index is 14.6. The summed E-state index contributed by atoms with van der Waals surface area (Å²) in [7, 11) is 3.13. The number of thiophene rings is 1. The predicted octanol–water partition coefficient (Wildman–Crippen LogP) is 3.68. The van der Waals surface area contributed by atoms with E-state index in [0.29, 0.717) is 76.9 Å². The number of fused-ring (bicyclic) bond motifs is 1. The van der Waals surface area contributed by atoms with Gasteiger partial charge in [0.1, 0.15) is 34.8 Å². The van der Waals surface area contributed by atoms with Gasteiger partial charge in [0.05, 0.1) is 36.2 Å². The lowest BCUT2D eigenvalue weighted by Gasteiger charge is -2.29. The Morgan fingerprint density at radius 3 is 2.64 bits per heavy atom. The summed E-state index contributed by atoms with van der Waals surface area (Å²) < 4.78 is 40.3. The van der Waals surface area contributed by atoms with Gasteiger partial charge in [0.15, 0.2) is 0 Å². The van der Waals surface area contributed by atoms with E-state index in [1.165, 1.54) is 58.6 Å². The summed E-state index contributed by atoms with van der Waals surface area (Å²) in [5.41, 5.74) is -0.164. The van der Waals surface area contributed by atoms with Crippen molar-refractivity contribution >= 4 is 27.5 Å². The van der Waals surface area contributed by atoms with Crippen molar-refractivity contribution in [2.75, 3.05) is 33.9 Å². The molecule has 0 radical (unpaired) electrons. The molecule has 2 unspecified atom stereocenters. The number of ether oxygens (including phenoxy) is 3. The summed E-state index contributed by atoms with van der Waals surface area (Å²) in [4.78, 5) is 48.1. The van der Waals surface area contributed by atoms with Gasteiger partial charge in [0, 0.05) is 32.4 Å². The van der Waals surface area contributed by atoms with Gasteiger partial charge in [0.2, 0.25) is 11.8 Å². The van der Waals surface area contributed by atoms with Crippen molar-refractivity contribution in [2.24, 2.45) is 0 Å². The molecule has 6 rings (SSSR count). The molecule has 11 nitrogen and oxygen atoms in total. The molecule has 2 atom stereocenters. The van der Waals surface area contributed by atoms with Crippen LogP contribution >= 0.6 is 11.3 Å². The van der Waals surface area contributed by atoms with Crippen molar-refractivity contribution in [1.29, 1.82) is 0 Å². The number of oxazole rings is 1. The van der Waals surface area contributed by atoms with Gasteiger partial charge in [-0.3, -0.25) is 14.2 Å². The molecule has 4 aromatic rings. The molecular formula is C29H31FN4O7S. The molecule has 0 bridgehead atoms. The number of hydrogen-bond acceptors (Lipinski definition) is 9. The van der Waals surface area contributed by atoms with E-state index >= 15 is 0 Å². The molecule has 2 fully saturated rings.